The number of hydrogen-bond acceptors (Lipinski definition) is 7. The van der Waals surface area contributed by atoms with Crippen molar-refractivity contribution in [2.24, 2.45) is 0 Å². The molecule has 4 heterocycles. The number of pyridine rings is 2. The van der Waals surface area contributed by atoms with Crippen molar-refractivity contribution in [3.05, 3.63) is 51.5 Å². The van der Waals surface area contributed by atoms with Crippen LogP contribution in [0, 0.1) is 6.92 Å². The second kappa shape index (κ2) is 7.83. The molecule has 0 saturated heterocycles. The van der Waals surface area contributed by atoms with Gasteiger partial charge in [0.05, 0.1) is 24.6 Å². The van der Waals surface area contributed by atoms with Gasteiger partial charge in [-0.05, 0) is 19.1 Å². The monoisotopic (exact) mass is 415 g/mol. The van der Waals surface area contributed by atoms with Gasteiger partial charge in [0.25, 0.3) is 5.91 Å². The van der Waals surface area contributed by atoms with Gasteiger partial charge in [-0.2, -0.15) is 0 Å². The number of thiazole rings is 1. The number of fused-ring (bicyclic) bond motifs is 1. The molecule has 1 amide bonds. The van der Waals surface area contributed by atoms with Crippen LogP contribution in [0.2, 0.25) is 5.15 Å². The molecule has 4 rings (SSSR count). The Labute approximate surface area is 171 Å². The zero-order chi connectivity index (χ0) is 19.7. The summed E-state index contributed by atoms with van der Waals surface area (Å²) in [4.78, 5) is 27.1. The van der Waals surface area contributed by atoms with Crippen molar-refractivity contribution < 1.29 is 9.53 Å². The third-order valence-electron chi connectivity index (χ3n) is 4.45. The van der Waals surface area contributed by atoms with Crippen molar-refractivity contribution in [1.29, 1.82) is 0 Å². The Balaban J connectivity index is 1.71. The molecule has 9 heteroatoms. The average Bonchev–Trinajstić information content (AvgIpc) is 3.10. The maximum atomic E-state index is 13.0. The Morgan fingerprint density at radius 3 is 2.93 bits per heavy atom. The number of aryl methyl sites for hydroxylation is 1. The number of amides is 1. The first-order valence-corrected chi connectivity index (χ1v) is 9.92. The highest BCUT2D eigenvalue weighted by Crippen LogP contribution is 2.34. The second-order valence-electron chi connectivity index (χ2n) is 6.35. The molecule has 7 nitrogen and oxygen atoms in total. The summed E-state index contributed by atoms with van der Waals surface area (Å²) < 4.78 is 5.41. The number of rotatable bonds is 4. The lowest BCUT2D eigenvalue weighted by atomic mass is 10.0. The molecule has 0 bridgehead atoms. The number of carbonyl (C=O) groups is 1. The van der Waals surface area contributed by atoms with E-state index in [1.165, 1.54) is 17.5 Å². The van der Waals surface area contributed by atoms with Gasteiger partial charge < -0.3 is 10.1 Å². The van der Waals surface area contributed by atoms with E-state index in [2.05, 4.69) is 25.6 Å². The lowest BCUT2D eigenvalue weighted by Crippen LogP contribution is -2.22. The highest BCUT2D eigenvalue weighted by atomic mass is 35.5. The number of aromatic nitrogens is 3. The molecule has 0 aliphatic carbocycles. The van der Waals surface area contributed by atoms with E-state index in [9.17, 15) is 4.79 Å². The van der Waals surface area contributed by atoms with Crippen LogP contribution < -0.4 is 15.4 Å². The minimum atomic E-state index is -0.281. The van der Waals surface area contributed by atoms with Crippen LogP contribution in [0.3, 0.4) is 0 Å². The van der Waals surface area contributed by atoms with Crippen LogP contribution >= 0.6 is 22.9 Å². The van der Waals surface area contributed by atoms with Gasteiger partial charge in [-0.3, -0.25) is 15.1 Å². The summed E-state index contributed by atoms with van der Waals surface area (Å²) in [6.45, 7) is 3.55. The molecule has 0 spiro atoms. The van der Waals surface area contributed by atoms with Crippen LogP contribution in [0.5, 0.6) is 5.75 Å². The lowest BCUT2D eigenvalue weighted by molar-refractivity contribution is 0.102. The first kappa shape index (κ1) is 18.8. The summed E-state index contributed by atoms with van der Waals surface area (Å²) in [7, 11) is 1.55. The summed E-state index contributed by atoms with van der Waals surface area (Å²) in [5, 5.41) is 7.12. The number of ether oxygens (including phenoxy) is 1. The van der Waals surface area contributed by atoms with Crippen molar-refractivity contribution >= 4 is 34.0 Å². The van der Waals surface area contributed by atoms with Crippen LogP contribution in [-0.4, -0.2) is 34.5 Å². The Bertz CT molecular complexity index is 1030. The molecule has 3 aromatic heterocycles. The topological polar surface area (TPSA) is 89.0 Å². The maximum absolute atomic E-state index is 13.0. The van der Waals surface area contributed by atoms with Gasteiger partial charge in [-0.25, -0.2) is 9.97 Å². The van der Waals surface area contributed by atoms with Crippen molar-refractivity contribution in [3.8, 4) is 16.9 Å². The van der Waals surface area contributed by atoms with E-state index in [4.69, 9.17) is 16.3 Å². The quantitative estimate of drug-likeness (QED) is 0.634. The number of nitrogens with one attached hydrogen (secondary N) is 2. The smallest absolute Gasteiger partial charge is 0.259 e. The number of anilines is 1. The number of hydrogen-bond donors (Lipinski definition) is 2. The van der Waals surface area contributed by atoms with Crippen molar-refractivity contribution in [1.82, 2.24) is 20.3 Å². The van der Waals surface area contributed by atoms with Crippen LogP contribution in [0.1, 0.15) is 26.6 Å². The van der Waals surface area contributed by atoms with Gasteiger partial charge >= 0.3 is 0 Å². The van der Waals surface area contributed by atoms with Gasteiger partial charge in [0, 0.05) is 47.4 Å². The minimum absolute atomic E-state index is 0.281. The largest absolute Gasteiger partial charge is 0.494 e. The second-order valence-corrected chi connectivity index (χ2v) is 7.82. The number of carbonyl (C=O) groups excluding carboxylic acids is 1. The van der Waals surface area contributed by atoms with Crippen molar-refractivity contribution in [2.75, 3.05) is 19.0 Å². The summed E-state index contributed by atoms with van der Waals surface area (Å²) in [5.41, 5.74) is 3.59. The first-order valence-electron chi connectivity index (χ1n) is 8.72. The van der Waals surface area contributed by atoms with Gasteiger partial charge in [0.1, 0.15) is 10.9 Å². The number of nitrogens with zero attached hydrogens (tertiary/aromatic N) is 3. The first-order chi connectivity index (χ1) is 13.5. The predicted octanol–water partition coefficient (Wildman–Crippen LogP) is 3.47. The van der Waals surface area contributed by atoms with Gasteiger partial charge in [-0.1, -0.05) is 11.6 Å². The van der Waals surface area contributed by atoms with E-state index < -0.39 is 0 Å². The number of methoxy groups -OCH3 is 1. The fraction of sp³-hybridized carbons (Fsp3) is 0.263. The molecule has 0 fully saturated rings. The third kappa shape index (κ3) is 3.71. The molecular weight excluding hydrogens is 398 g/mol. The van der Waals surface area contributed by atoms with Crippen molar-refractivity contribution in [2.45, 2.75) is 19.9 Å². The average molecular weight is 416 g/mol. The normalized spacial score (nSPS) is 13.1. The number of halogens is 1. The van der Waals surface area contributed by atoms with Gasteiger partial charge in [0.15, 0.2) is 5.13 Å². The molecule has 1 aliphatic rings. The predicted molar refractivity (Wildman–Crippen MR) is 109 cm³/mol. The standard InChI is InChI=1S/C19H18ClN5O2S/c1-10-5-11(12-6-17(20)23-8-15(12)27-2)13(7-22-10)18(26)25-19-24-14-3-4-21-9-16(14)28-19/h5-8,21H,3-4,9H2,1-2H3,(H,24,25,26). The molecule has 0 aromatic carbocycles. The zero-order valence-electron chi connectivity index (χ0n) is 15.4. The molecule has 0 unspecified atom stereocenters. The Morgan fingerprint density at radius 2 is 2.14 bits per heavy atom. The molecule has 0 radical (unpaired) electrons. The van der Waals surface area contributed by atoms with Gasteiger partial charge in [-0.15, -0.1) is 11.3 Å². The van der Waals surface area contributed by atoms with Crippen LogP contribution in [0.25, 0.3) is 11.1 Å². The zero-order valence-corrected chi connectivity index (χ0v) is 16.9. The van der Waals surface area contributed by atoms with Crippen LogP contribution in [-0.2, 0) is 13.0 Å². The molecule has 1 aliphatic heterocycles. The van der Waals surface area contributed by atoms with E-state index in [0.29, 0.717) is 32.7 Å². The van der Waals surface area contributed by atoms with Gasteiger partial charge in [0.2, 0.25) is 0 Å². The summed E-state index contributed by atoms with van der Waals surface area (Å²) in [6.07, 6.45) is 3.96. The Hall–Kier alpha value is -2.55. The molecular formula is C19H18ClN5O2S. The summed E-state index contributed by atoms with van der Waals surface area (Å²) in [5.74, 6) is 0.247. The molecule has 28 heavy (non-hydrogen) atoms. The Morgan fingerprint density at radius 1 is 1.29 bits per heavy atom. The summed E-state index contributed by atoms with van der Waals surface area (Å²) >= 11 is 7.58. The molecule has 3 aromatic rings. The van der Waals surface area contributed by atoms with E-state index in [1.54, 1.807) is 19.4 Å². The fourth-order valence-corrected chi connectivity index (χ4v) is 4.23. The highest BCUT2D eigenvalue weighted by molar-refractivity contribution is 7.15. The van der Waals surface area contributed by atoms with Crippen LogP contribution in [0.15, 0.2) is 24.5 Å². The van der Waals surface area contributed by atoms with E-state index in [1.807, 2.05) is 13.0 Å². The lowest BCUT2D eigenvalue weighted by Gasteiger charge is -2.13. The molecule has 2 N–H and O–H groups in total. The maximum Gasteiger partial charge on any atom is 0.259 e. The molecule has 0 atom stereocenters. The van der Waals surface area contributed by atoms with E-state index in [0.717, 1.165) is 35.8 Å². The SMILES string of the molecule is COc1cnc(Cl)cc1-c1cc(C)ncc1C(=O)Nc1nc2c(s1)CNCC2. The Kier molecular flexibility index (Phi) is 5.25. The van der Waals surface area contributed by atoms with E-state index in [-0.39, 0.29) is 5.91 Å². The fourth-order valence-electron chi connectivity index (χ4n) is 3.10. The molecule has 144 valence electrons. The minimum Gasteiger partial charge on any atom is -0.494 e. The highest BCUT2D eigenvalue weighted by Gasteiger charge is 2.21. The molecule has 0 saturated carbocycles. The van der Waals surface area contributed by atoms with Crippen LogP contribution in [0.4, 0.5) is 5.13 Å². The third-order valence-corrected chi connectivity index (χ3v) is 5.67. The van der Waals surface area contributed by atoms with E-state index >= 15 is 0 Å². The van der Waals surface area contributed by atoms with Crippen molar-refractivity contribution in [3.63, 3.8) is 0 Å². The summed E-state index contributed by atoms with van der Waals surface area (Å²) in [6, 6.07) is 3.51.